The van der Waals surface area contributed by atoms with Crippen molar-refractivity contribution in [1.29, 1.82) is 0 Å². The highest BCUT2D eigenvalue weighted by molar-refractivity contribution is 6.30. The summed E-state index contributed by atoms with van der Waals surface area (Å²) in [6.07, 6.45) is 3.70. The molecule has 0 spiro atoms. The molecule has 0 fully saturated rings. The zero-order chi connectivity index (χ0) is 13.2. The third-order valence-corrected chi connectivity index (χ3v) is 3.85. The minimum atomic E-state index is 0.244. The first-order valence-electron chi connectivity index (χ1n) is 6.39. The zero-order valence-electron chi connectivity index (χ0n) is 10.6. The van der Waals surface area contributed by atoms with Crippen LogP contribution in [0.1, 0.15) is 22.7 Å². The topological polar surface area (TPSA) is 42.1 Å². The van der Waals surface area contributed by atoms with E-state index in [0.29, 0.717) is 6.54 Å². The molecule has 98 valence electrons. The summed E-state index contributed by atoms with van der Waals surface area (Å²) in [5, 5.41) is 0.778. The molecular weight excluding hydrogens is 258 g/mol. The van der Waals surface area contributed by atoms with Gasteiger partial charge in [0.1, 0.15) is 0 Å². The summed E-state index contributed by atoms with van der Waals surface area (Å²) < 4.78 is 0. The van der Waals surface area contributed by atoms with Gasteiger partial charge in [-0.2, -0.15) is 0 Å². The number of aromatic nitrogens is 1. The van der Waals surface area contributed by atoms with Crippen LogP contribution in [0.3, 0.4) is 0 Å². The van der Waals surface area contributed by atoms with Gasteiger partial charge in [-0.25, -0.2) is 0 Å². The van der Waals surface area contributed by atoms with E-state index < -0.39 is 0 Å². The zero-order valence-corrected chi connectivity index (χ0v) is 11.3. The average Bonchev–Trinajstić information content (AvgIpc) is 2.76. The van der Waals surface area contributed by atoms with Gasteiger partial charge in [-0.1, -0.05) is 23.7 Å². The van der Waals surface area contributed by atoms with Gasteiger partial charge >= 0.3 is 0 Å². The molecule has 19 heavy (non-hydrogen) atoms. The van der Waals surface area contributed by atoms with Gasteiger partial charge in [0.2, 0.25) is 0 Å². The number of hydrogen-bond donors (Lipinski definition) is 1. The smallest absolute Gasteiger partial charge is 0.0481 e. The molecule has 1 aliphatic heterocycles. The summed E-state index contributed by atoms with van der Waals surface area (Å²) in [4.78, 5) is 6.53. The lowest BCUT2D eigenvalue weighted by Crippen LogP contribution is -2.27. The predicted molar refractivity (Wildman–Crippen MR) is 76.7 cm³/mol. The molecule has 1 aromatic heterocycles. The van der Waals surface area contributed by atoms with Crippen LogP contribution in [0, 0.1) is 0 Å². The molecule has 3 rings (SSSR count). The number of fused-ring (bicyclic) bond motifs is 1. The van der Waals surface area contributed by atoms with Crippen molar-refractivity contribution in [2.24, 2.45) is 5.73 Å². The normalized spacial score (nSPS) is 18.5. The summed E-state index contributed by atoms with van der Waals surface area (Å²) >= 11 is 6.08. The highest BCUT2D eigenvalue weighted by Crippen LogP contribution is 2.35. The van der Waals surface area contributed by atoms with Crippen LogP contribution < -0.4 is 5.73 Å². The van der Waals surface area contributed by atoms with E-state index in [1.807, 2.05) is 24.4 Å². The number of nitrogens with zero attached hydrogens (tertiary/aromatic N) is 2. The quantitative estimate of drug-likeness (QED) is 0.935. The van der Waals surface area contributed by atoms with E-state index in [1.165, 1.54) is 16.7 Å². The summed E-state index contributed by atoms with van der Waals surface area (Å²) in [5.74, 6) is 0. The Balaban J connectivity index is 1.85. The number of hydrogen-bond acceptors (Lipinski definition) is 3. The fraction of sp³-hybridized carbons (Fsp3) is 0.267. The molecule has 2 aromatic rings. The minimum absolute atomic E-state index is 0.244. The Bertz CT molecular complexity index is 571. The summed E-state index contributed by atoms with van der Waals surface area (Å²) in [7, 11) is 0. The first-order valence-corrected chi connectivity index (χ1v) is 6.77. The van der Waals surface area contributed by atoms with Crippen molar-refractivity contribution in [1.82, 2.24) is 9.88 Å². The molecule has 0 amide bonds. The van der Waals surface area contributed by atoms with Crippen molar-refractivity contribution in [3.05, 3.63) is 64.4 Å². The lowest BCUT2D eigenvalue weighted by atomic mass is 10.1. The molecule has 2 heterocycles. The standard InChI is InChI=1S/C15H16ClN3/c16-13-4-3-12-10-19(15(7-17)14(12)6-13)9-11-2-1-5-18-8-11/h1-6,8,15H,7,9-10,17H2. The van der Waals surface area contributed by atoms with E-state index in [4.69, 9.17) is 17.3 Å². The maximum absolute atomic E-state index is 6.08. The Morgan fingerprint density at radius 2 is 2.26 bits per heavy atom. The molecule has 1 unspecified atom stereocenters. The van der Waals surface area contributed by atoms with E-state index in [2.05, 4.69) is 22.0 Å². The van der Waals surface area contributed by atoms with Gasteiger partial charge in [0.05, 0.1) is 0 Å². The average molecular weight is 274 g/mol. The van der Waals surface area contributed by atoms with Crippen LogP contribution in [-0.2, 0) is 13.1 Å². The van der Waals surface area contributed by atoms with Gasteiger partial charge in [0.15, 0.2) is 0 Å². The second kappa shape index (κ2) is 5.29. The molecule has 2 N–H and O–H groups in total. The molecule has 1 atom stereocenters. The molecule has 0 saturated heterocycles. The van der Waals surface area contributed by atoms with Crippen LogP contribution in [0.25, 0.3) is 0 Å². The number of pyridine rings is 1. The van der Waals surface area contributed by atoms with Crippen molar-refractivity contribution in [3.8, 4) is 0 Å². The maximum Gasteiger partial charge on any atom is 0.0481 e. The maximum atomic E-state index is 6.08. The van der Waals surface area contributed by atoms with Crippen LogP contribution >= 0.6 is 11.6 Å². The molecule has 4 heteroatoms. The fourth-order valence-electron chi connectivity index (χ4n) is 2.71. The Morgan fingerprint density at radius 1 is 1.37 bits per heavy atom. The van der Waals surface area contributed by atoms with Crippen LogP contribution in [0.15, 0.2) is 42.7 Å². The molecule has 0 aliphatic carbocycles. The van der Waals surface area contributed by atoms with E-state index in [0.717, 1.165) is 18.1 Å². The third kappa shape index (κ3) is 2.50. The van der Waals surface area contributed by atoms with Crippen LogP contribution in [0.4, 0.5) is 0 Å². The first-order chi connectivity index (χ1) is 9.28. The van der Waals surface area contributed by atoms with Gasteiger partial charge in [0, 0.05) is 43.1 Å². The number of rotatable bonds is 3. The Morgan fingerprint density at radius 3 is 3.00 bits per heavy atom. The van der Waals surface area contributed by atoms with E-state index >= 15 is 0 Å². The SMILES string of the molecule is NCC1c2cc(Cl)ccc2CN1Cc1cccnc1. The predicted octanol–water partition coefficient (Wildman–Crippen LogP) is 2.75. The van der Waals surface area contributed by atoms with Crippen molar-refractivity contribution >= 4 is 11.6 Å². The highest BCUT2D eigenvalue weighted by atomic mass is 35.5. The molecule has 1 aromatic carbocycles. The second-order valence-corrected chi connectivity index (χ2v) is 5.30. The van der Waals surface area contributed by atoms with Crippen molar-refractivity contribution in [2.75, 3.05) is 6.54 Å². The summed E-state index contributed by atoms with van der Waals surface area (Å²) in [6.45, 7) is 2.39. The van der Waals surface area contributed by atoms with Gasteiger partial charge in [-0.3, -0.25) is 9.88 Å². The second-order valence-electron chi connectivity index (χ2n) is 4.86. The van der Waals surface area contributed by atoms with Gasteiger partial charge < -0.3 is 5.73 Å². The van der Waals surface area contributed by atoms with Gasteiger partial charge in [-0.15, -0.1) is 0 Å². The van der Waals surface area contributed by atoms with E-state index in [9.17, 15) is 0 Å². The first kappa shape index (κ1) is 12.6. The lowest BCUT2D eigenvalue weighted by Gasteiger charge is -2.23. The third-order valence-electron chi connectivity index (χ3n) is 3.61. The van der Waals surface area contributed by atoms with Crippen LogP contribution in [0.5, 0.6) is 0 Å². The van der Waals surface area contributed by atoms with Gasteiger partial charge in [0.25, 0.3) is 0 Å². The molecule has 3 nitrogen and oxygen atoms in total. The Hall–Kier alpha value is -1.42. The molecular formula is C15H16ClN3. The van der Waals surface area contributed by atoms with Gasteiger partial charge in [-0.05, 0) is 34.9 Å². The molecule has 0 bridgehead atoms. The summed E-state index contributed by atoms with van der Waals surface area (Å²) in [5.41, 5.74) is 9.74. The Labute approximate surface area is 118 Å². The Kier molecular flexibility index (Phi) is 3.51. The van der Waals surface area contributed by atoms with E-state index in [1.54, 1.807) is 6.20 Å². The number of halogens is 1. The number of benzene rings is 1. The van der Waals surface area contributed by atoms with Crippen LogP contribution in [-0.4, -0.2) is 16.4 Å². The lowest BCUT2D eigenvalue weighted by molar-refractivity contribution is 0.211. The van der Waals surface area contributed by atoms with Crippen molar-refractivity contribution in [2.45, 2.75) is 19.1 Å². The van der Waals surface area contributed by atoms with Crippen molar-refractivity contribution in [3.63, 3.8) is 0 Å². The number of nitrogens with two attached hydrogens (primary N) is 1. The van der Waals surface area contributed by atoms with E-state index in [-0.39, 0.29) is 6.04 Å². The molecule has 0 saturated carbocycles. The van der Waals surface area contributed by atoms with Crippen molar-refractivity contribution < 1.29 is 0 Å². The molecule has 0 radical (unpaired) electrons. The monoisotopic (exact) mass is 273 g/mol. The molecule has 1 aliphatic rings. The summed E-state index contributed by atoms with van der Waals surface area (Å²) in [6, 6.07) is 10.4. The van der Waals surface area contributed by atoms with Crippen LogP contribution in [0.2, 0.25) is 5.02 Å². The fourth-order valence-corrected chi connectivity index (χ4v) is 2.89. The minimum Gasteiger partial charge on any atom is -0.329 e. The highest BCUT2D eigenvalue weighted by Gasteiger charge is 2.29. The largest absolute Gasteiger partial charge is 0.329 e.